The molecule has 2 nitrogen and oxygen atoms in total. The van der Waals surface area contributed by atoms with E-state index in [9.17, 15) is 5.11 Å². The normalized spacial score (nSPS) is 51.0. The molecule has 1 saturated carbocycles. The fraction of sp³-hybridized carbons (Fsp3) is 1.00. The summed E-state index contributed by atoms with van der Waals surface area (Å²) < 4.78 is 5.92. The fourth-order valence-electron chi connectivity index (χ4n) is 2.70. The monoisotopic (exact) mass is 170 g/mol. The largest absolute Gasteiger partial charge is 0.390 e. The molecule has 0 aromatic carbocycles. The fourth-order valence-corrected chi connectivity index (χ4v) is 2.70. The molecule has 3 rings (SSSR count). The third-order valence-corrected chi connectivity index (χ3v) is 3.68. The quantitative estimate of drug-likeness (QED) is 0.599. The zero-order valence-electron chi connectivity index (χ0n) is 8.13. The molecule has 2 heteroatoms. The summed E-state index contributed by atoms with van der Waals surface area (Å²) >= 11 is 0. The predicted octanol–water partition coefficient (Wildman–Crippen LogP) is 1.71. The van der Waals surface area contributed by atoms with Crippen LogP contribution < -0.4 is 0 Å². The molecule has 1 aliphatic carbocycles. The molecule has 3 atom stereocenters. The number of ether oxygens (including phenoxy) is 1. The van der Waals surface area contributed by atoms with Gasteiger partial charge in [-0.25, -0.2) is 0 Å². The minimum Gasteiger partial charge on any atom is -0.390 e. The summed E-state index contributed by atoms with van der Waals surface area (Å²) in [6.07, 6.45) is 2.90. The molecule has 2 aliphatic heterocycles. The molecule has 0 spiro atoms. The van der Waals surface area contributed by atoms with Crippen molar-refractivity contribution in [3.05, 3.63) is 0 Å². The SMILES string of the molecule is CC1(C)O[C@]2(C)CC[C@H]1C[C@@H]2O. The van der Waals surface area contributed by atoms with Gasteiger partial charge in [-0.3, -0.25) is 0 Å². The third-order valence-electron chi connectivity index (χ3n) is 3.68. The van der Waals surface area contributed by atoms with Gasteiger partial charge in [0.25, 0.3) is 0 Å². The Bertz CT molecular complexity index is 200. The maximum absolute atomic E-state index is 9.77. The lowest BCUT2D eigenvalue weighted by atomic mass is 9.67. The van der Waals surface area contributed by atoms with E-state index >= 15 is 0 Å². The molecule has 2 bridgehead atoms. The van der Waals surface area contributed by atoms with Gasteiger partial charge >= 0.3 is 0 Å². The Labute approximate surface area is 73.9 Å². The van der Waals surface area contributed by atoms with Crippen molar-refractivity contribution in [1.82, 2.24) is 0 Å². The van der Waals surface area contributed by atoms with Gasteiger partial charge in [-0.2, -0.15) is 0 Å². The van der Waals surface area contributed by atoms with Gasteiger partial charge in [-0.1, -0.05) is 0 Å². The van der Waals surface area contributed by atoms with Crippen LogP contribution in [0.5, 0.6) is 0 Å². The van der Waals surface area contributed by atoms with E-state index in [0.717, 1.165) is 12.8 Å². The summed E-state index contributed by atoms with van der Waals surface area (Å²) in [5, 5.41) is 9.77. The average molecular weight is 170 g/mol. The minimum atomic E-state index is -0.266. The lowest BCUT2D eigenvalue weighted by Gasteiger charge is -2.56. The molecule has 0 aromatic rings. The molecule has 70 valence electrons. The number of fused-ring (bicyclic) bond motifs is 3. The summed E-state index contributed by atoms with van der Waals surface area (Å²) in [7, 11) is 0. The third kappa shape index (κ3) is 1.01. The van der Waals surface area contributed by atoms with Crippen LogP contribution in [-0.4, -0.2) is 22.4 Å². The Morgan fingerprint density at radius 3 is 2.33 bits per heavy atom. The van der Waals surface area contributed by atoms with Crippen molar-refractivity contribution in [2.75, 3.05) is 0 Å². The van der Waals surface area contributed by atoms with Crippen molar-refractivity contribution in [3.63, 3.8) is 0 Å². The Morgan fingerprint density at radius 1 is 1.33 bits per heavy atom. The highest BCUT2D eigenvalue weighted by atomic mass is 16.5. The van der Waals surface area contributed by atoms with E-state index in [-0.39, 0.29) is 17.3 Å². The molecule has 2 saturated heterocycles. The van der Waals surface area contributed by atoms with E-state index in [1.165, 1.54) is 6.42 Å². The van der Waals surface area contributed by atoms with E-state index < -0.39 is 0 Å². The summed E-state index contributed by atoms with van der Waals surface area (Å²) in [6, 6.07) is 0. The Balaban J connectivity index is 2.26. The van der Waals surface area contributed by atoms with E-state index in [4.69, 9.17) is 4.74 Å². The van der Waals surface area contributed by atoms with Gasteiger partial charge in [-0.05, 0) is 46.0 Å². The second-order valence-corrected chi connectivity index (χ2v) is 5.01. The van der Waals surface area contributed by atoms with E-state index in [1.54, 1.807) is 0 Å². The van der Waals surface area contributed by atoms with Crippen LogP contribution in [0.2, 0.25) is 0 Å². The standard InChI is InChI=1S/C10H18O2/c1-9(2)7-4-5-10(3,12-9)8(11)6-7/h7-8,11H,4-6H2,1-3H3/t7-,8-,10+/m0/s1. The Hall–Kier alpha value is -0.0800. The maximum Gasteiger partial charge on any atom is 0.0919 e. The van der Waals surface area contributed by atoms with Crippen LogP contribution in [0.15, 0.2) is 0 Å². The predicted molar refractivity (Wildman–Crippen MR) is 46.9 cm³/mol. The number of hydrogen-bond acceptors (Lipinski definition) is 2. The highest BCUT2D eigenvalue weighted by Crippen LogP contribution is 2.49. The van der Waals surface area contributed by atoms with Gasteiger partial charge in [0, 0.05) is 0 Å². The van der Waals surface area contributed by atoms with E-state index in [2.05, 4.69) is 13.8 Å². The molecular formula is C10H18O2. The number of aliphatic hydroxyl groups is 1. The summed E-state index contributed by atoms with van der Waals surface area (Å²) in [5.41, 5.74) is -0.287. The molecule has 0 amide bonds. The summed E-state index contributed by atoms with van der Waals surface area (Å²) in [6.45, 7) is 6.32. The lowest BCUT2D eigenvalue weighted by molar-refractivity contribution is -0.273. The van der Waals surface area contributed by atoms with Crippen LogP contribution in [0.3, 0.4) is 0 Å². The van der Waals surface area contributed by atoms with Crippen LogP contribution in [0.1, 0.15) is 40.0 Å². The first-order valence-electron chi connectivity index (χ1n) is 4.82. The van der Waals surface area contributed by atoms with Crippen molar-refractivity contribution < 1.29 is 9.84 Å². The van der Waals surface area contributed by atoms with Crippen molar-refractivity contribution in [2.45, 2.75) is 57.3 Å². The van der Waals surface area contributed by atoms with Crippen molar-refractivity contribution in [2.24, 2.45) is 5.92 Å². The smallest absolute Gasteiger partial charge is 0.0919 e. The van der Waals surface area contributed by atoms with Crippen LogP contribution in [0.25, 0.3) is 0 Å². The van der Waals surface area contributed by atoms with Gasteiger partial charge in [-0.15, -0.1) is 0 Å². The zero-order valence-corrected chi connectivity index (χ0v) is 8.13. The lowest BCUT2D eigenvalue weighted by Crippen LogP contribution is -2.61. The van der Waals surface area contributed by atoms with Gasteiger partial charge < -0.3 is 9.84 Å². The minimum absolute atomic E-state index is 0.0216. The first-order chi connectivity index (χ1) is 5.44. The molecular weight excluding hydrogens is 152 g/mol. The number of rotatable bonds is 0. The number of hydrogen-bond donors (Lipinski definition) is 1. The summed E-state index contributed by atoms with van der Waals surface area (Å²) in [4.78, 5) is 0. The zero-order chi connectivity index (χ0) is 8.98. The second kappa shape index (κ2) is 2.24. The van der Waals surface area contributed by atoms with Gasteiger partial charge in [0.05, 0.1) is 17.3 Å². The molecule has 1 N–H and O–H groups in total. The van der Waals surface area contributed by atoms with Crippen molar-refractivity contribution >= 4 is 0 Å². The highest BCUT2D eigenvalue weighted by Gasteiger charge is 2.53. The van der Waals surface area contributed by atoms with Crippen LogP contribution >= 0.6 is 0 Å². The first-order valence-corrected chi connectivity index (χ1v) is 4.82. The Kier molecular flexibility index (Phi) is 1.59. The molecule has 3 aliphatic rings. The molecule has 0 aromatic heterocycles. The van der Waals surface area contributed by atoms with Crippen LogP contribution in [0.4, 0.5) is 0 Å². The molecule has 12 heavy (non-hydrogen) atoms. The topological polar surface area (TPSA) is 29.5 Å². The number of aliphatic hydroxyl groups excluding tert-OH is 1. The van der Waals surface area contributed by atoms with Crippen molar-refractivity contribution in [1.29, 1.82) is 0 Å². The van der Waals surface area contributed by atoms with Crippen LogP contribution in [0, 0.1) is 5.92 Å². The van der Waals surface area contributed by atoms with Gasteiger partial charge in [0.1, 0.15) is 0 Å². The molecule has 2 heterocycles. The van der Waals surface area contributed by atoms with Crippen molar-refractivity contribution in [3.8, 4) is 0 Å². The molecule has 0 unspecified atom stereocenters. The first kappa shape index (κ1) is 8.52. The molecule has 0 radical (unpaired) electrons. The summed E-state index contributed by atoms with van der Waals surface area (Å²) in [5.74, 6) is 0.550. The average Bonchev–Trinajstić information content (AvgIpc) is 1.91. The van der Waals surface area contributed by atoms with Gasteiger partial charge in [0.15, 0.2) is 0 Å². The van der Waals surface area contributed by atoms with Gasteiger partial charge in [0.2, 0.25) is 0 Å². The molecule has 3 fully saturated rings. The highest BCUT2D eigenvalue weighted by molar-refractivity contribution is 5.02. The second-order valence-electron chi connectivity index (χ2n) is 5.01. The van der Waals surface area contributed by atoms with Crippen LogP contribution in [-0.2, 0) is 4.74 Å². The Morgan fingerprint density at radius 2 is 2.00 bits per heavy atom. The maximum atomic E-state index is 9.77. The van der Waals surface area contributed by atoms with E-state index in [0.29, 0.717) is 5.92 Å². The van der Waals surface area contributed by atoms with E-state index in [1.807, 2.05) is 6.92 Å².